The summed E-state index contributed by atoms with van der Waals surface area (Å²) in [6.45, 7) is 6.31. The maximum Gasteiger partial charge on any atom is 0.197 e. The molecule has 0 atom stereocenters. The second-order valence-electron chi connectivity index (χ2n) is 8.21. The number of benzene rings is 2. The first-order chi connectivity index (χ1) is 15.1. The Morgan fingerprint density at radius 2 is 1.77 bits per heavy atom. The standard InChI is InChI=1S/C25H30N2O4/c1-26-11-13-27(14-12-26)10-6-3-7-15-30-20-16-21(28)25-22(29)18-23(31-24(25)17-20)19-8-4-2-5-9-19/h2,4-5,8-9,16-18,28H,3,6-7,10-15H2,1H3. The molecule has 1 fully saturated rings. The maximum absolute atomic E-state index is 12.5. The van der Waals surface area contributed by atoms with Crippen molar-refractivity contribution in [3.63, 3.8) is 0 Å². The summed E-state index contributed by atoms with van der Waals surface area (Å²) in [5, 5.41) is 10.5. The highest BCUT2D eigenvalue weighted by Crippen LogP contribution is 2.31. The number of unbranched alkanes of at least 4 members (excludes halogenated alkanes) is 2. The molecule has 1 saturated heterocycles. The van der Waals surface area contributed by atoms with Crippen LogP contribution in [-0.4, -0.2) is 61.3 Å². The Kier molecular flexibility index (Phi) is 6.89. The number of ether oxygens (including phenoxy) is 1. The van der Waals surface area contributed by atoms with E-state index in [1.807, 2.05) is 30.3 Å². The molecule has 0 saturated carbocycles. The van der Waals surface area contributed by atoms with Gasteiger partial charge in [0.1, 0.15) is 28.2 Å². The molecule has 0 unspecified atom stereocenters. The van der Waals surface area contributed by atoms with Crippen LogP contribution in [0.1, 0.15) is 19.3 Å². The van der Waals surface area contributed by atoms with E-state index in [0.29, 0.717) is 23.7 Å². The SMILES string of the molecule is CN1CCN(CCCCCOc2cc(O)c3c(=O)cc(-c4ccccc4)oc3c2)CC1. The van der Waals surface area contributed by atoms with Gasteiger partial charge in [-0.25, -0.2) is 0 Å². The Hall–Kier alpha value is -2.83. The van der Waals surface area contributed by atoms with Crippen molar-refractivity contribution in [3.8, 4) is 22.8 Å². The summed E-state index contributed by atoms with van der Waals surface area (Å²) in [6.07, 6.45) is 3.20. The highest BCUT2D eigenvalue weighted by molar-refractivity contribution is 5.86. The van der Waals surface area contributed by atoms with Crippen LogP contribution < -0.4 is 10.2 Å². The molecule has 0 aliphatic carbocycles. The monoisotopic (exact) mass is 422 g/mol. The van der Waals surface area contributed by atoms with E-state index in [4.69, 9.17) is 9.15 Å². The molecule has 0 amide bonds. The van der Waals surface area contributed by atoms with E-state index in [1.165, 1.54) is 12.1 Å². The first kappa shape index (κ1) is 21.4. The van der Waals surface area contributed by atoms with E-state index in [9.17, 15) is 9.90 Å². The zero-order chi connectivity index (χ0) is 21.6. The van der Waals surface area contributed by atoms with Crippen LogP contribution in [0.5, 0.6) is 11.5 Å². The molecule has 6 nitrogen and oxygen atoms in total. The topological polar surface area (TPSA) is 66.2 Å². The molecule has 1 aromatic heterocycles. The van der Waals surface area contributed by atoms with Crippen LogP contribution in [0.25, 0.3) is 22.3 Å². The van der Waals surface area contributed by atoms with Gasteiger partial charge in [-0.1, -0.05) is 30.3 Å². The van der Waals surface area contributed by atoms with E-state index >= 15 is 0 Å². The molecule has 0 spiro atoms. The Morgan fingerprint density at radius 3 is 2.55 bits per heavy atom. The van der Waals surface area contributed by atoms with Gasteiger partial charge < -0.3 is 24.1 Å². The van der Waals surface area contributed by atoms with Gasteiger partial charge in [0, 0.05) is 49.9 Å². The second-order valence-corrected chi connectivity index (χ2v) is 8.21. The van der Waals surface area contributed by atoms with Crippen molar-refractivity contribution in [2.75, 3.05) is 46.4 Å². The van der Waals surface area contributed by atoms with E-state index in [1.54, 1.807) is 6.07 Å². The molecule has 0 bridgehead atoms. The van der Waals surface area contributed by atoms with Gasteiger partial charge in [0.05, 0.1) is 6.61 Å². The normalized spacial score (nSPS) is 15.4. The van der Waals surface area contributed by atoms with Crippen molar-refractivity contribution in [3.05, 3.63) is 58.8 Å². The van der Waals surface area contributed by atoms with Crippen LogP contribution in [0.2, 0.25) is 0 Å². The number of hydrogen-bond donors (Lipinski definition) is 1. The Labute approximate surface area is 182 Å². The van der Waals surface area contributed by atoms with Gasteiger partial charge >= 0.3 is 0 Å². The molecular formula is C25H30N2O4. The number of fused-ring (bicyclic) bond motifs is 1. The quantitative estimate of drug-likeness (QED) is 0.554. The van der Waals surface area contributed by atoms with Crippen LogP contribution in [0.3, 0.4) is 0 Å². The fraction of sp³-hybridized carbons (Fsp3) is 0.400. The molecule has 164 valence electrons. The van der Waals surface area contributed by atoms with Gasteiger partial charge in [-0.05, 0) is 32.9 Å². The Bertz CT molecular complexity index is 1060. The van der Waals surface area contributed by atoms with E-state index in [-0.39, 0.29) is 16.6 Å². The Morgan fingerprint density at radius 1 is 1.00 bits per heavy atom. The zero-order valence-corrected chi connectivity index (χ0v) is 18.0. The molecule has 1 N–H and O–H groups in total. The minimum atomic E-state index is -0.270. The zero-order valence-electron chi connectivity index (χ0n) is 18.0. The summed E-state index contributed by atoms with van der Waals surface area (Å²) in [5.41, 5.74) is 0.872. The predicted octanol–water partition coefficient (Wildman–Crippen LogP) is 3.96. The largest absolute Gasteiger partial charge is 0.507 e. The van der Waals surface area contributed by atoms with Gasteiger partial charge in [0.15, 0.2) is 5.43 Å². The number of phenolic OH excluding ortho intramolecular Hbond substituents is 1. The number of aromatic hydroxyl groups is 1. The first-order valence-corrected chi connectivity index (χ1v) is 11.0. The highest BCUT2D eigenvalue weighted by atomic mass is 16.5. The van der Waals surface area contributed by atoms with Crippen LogP contribution in [0.15, 0.2) is 57.7 Å². The molecule has 31 heavy (non-hydrogen) atoms. The van der Waals surface area contributed by atoms with Gasteiger partial charge in [-0.2, -0.15) is 0 Å². The maximum atomic E-state index is 12.5. The number of rotatable bonds is 8. The molecule has 0 radical (unpaired) electrons. The first-order valence-electron chi connectivity index (χ1n) is 11.0. The minimum absolute atomic E-state index is 0.115. The summed E-state index contributed by atoms with van der Waals surface area (Å²) in [4.78, 5) is 17.4. The van der Waals surface area contributed by atoms with E-state index in [2.05, 4.69) is 16.8 Å². The molecule has 2 aromatic carbocycles. The number of hydrogen-bond acceptors (Lipinski definition) is 6. The van der Waals surface area contributed by atoms with Crippen LogP contribution in [0, 0.1) is 0 Å². The van der Waals surface area contributed by atoms with Crippen LogP contribution in [-0.2, 0) is 0 Å². The molecule has 6 heteroatoms. The number of likely N-dealkylation sites (N-methyl/N-ethyl adjacent to an activating group) is 1. The second kappa shape index (κ2) is 9.98. The predicted molar refractivity (Wildman–Crippen MR) is 123 cm³/mol. The summed E-state index contributed by atoms with van der Waals surface area (Å²) in [5.74, 6) is 0.868. The van der Waals surface area contributed by atoms with Gasteiger partial charge in [-0.15, -0.1) is 0 Å². The van der Waals surface area contributed by atoms with Crippen molar-refractivity contribution in [1.82, 2.24) is 9.80 Å². The van der Waals surface area contributed by atoms with Crippen molar-refractivity contribution >= 4 is 11.0 Å². The molecular weight excluding hydrogens is 392 g/mol. The number of piperazine rings is 1. The summed E-state index contributed by atoms with van der Waals surface area (Å²) in [6, 6.07) is 14.0. The lowest BCUT2D eigenvalue weighted by Gasteiger charge is -2.32. The average molecular weight is 423 g/mol. The lowest BCUT2D eigenvalue weighted by Crippen LogP contribution is -2.44. The Balaban J connectivity index is 1.34. The molecule has 3 aromatic rings. The fourth-order valence-electron chi connectivity index (χ4n) is 3.95. The smallest absolute Gasteiger partial charge is 0.197 e. The third-order valence-corrected chi connectivity index (χ3v) is 5.82. The van der Waals surface area contributed by atoms with Gasteiger partial charge in [-0.3, -0.25) is 4.79 Å². The lowest BCUT2D eigenvalue weighted by molar-refractivity contribution is 0.151. The van der Waals surface area contributed by atoms with Crippen molar-refractivity contribution in [1.29, 1.82) is 0 Å². The number of phenols is 1. The van der Waals surface area contributed by atoms with Gasteiger partial charge in [0.2, 0.25) is 0 Å². The third-order valence-electron chi connectivity index (χ3n) is 5.82. The van der Waals surface area contributed by atoms with Gasteiger partial charge in [0.25, 0.3) is 0 Å². The molecule has 4 rings (SSSR count). The van der Waals surface area contributed by atoms with Crippen LogP contribution in [0.4, 0.5) is 0 Å². The molecule has 2 heterocycles. The number of nitrogens with zero attached hydrogens (tertiary/aromatic N) is 2. The highest BCUT2D eigenvalue weighted by Gasteiger charge is 2.14. The average Bonchev–Trinajstić information content (AvgIpc) is 2.77. The van der Waals surface area contributed by atoms with Crippen LogP contribution >= 0.6 is 0 Å². The molecule has 1 aliphatic heterocycles. The summed E-state index contributed by atoms with van der Waals surface area (Å²) < 4.78 is 11.8. The third kappa shape index (κ3) is 5.46. The fourth-order valence-corrected chi connectivity index (χ4v) is 3.95. The van der Waals surface area contributed by atoms with E-state index < -0.39 is 0 Å². The summed E-state index contributed by atoms with van der Waals surface area (Å²) >= 11 is 0. The summed E-state index contributed by atoms with van der Waals surface area (Å²) in [7, 11) is 2.17. The minimum Gasteiger partial charge on any atom is -0.507 e. The van der Waals surface area contributed by atoms with Crippen molar-refractivity contribution < 1.29 is 14.3 Å². The lowest BCUT2D eigenvalue weighted by atomic mass is 10.1. The van der Waals surface area contributed by atoms with Crippen molar-refractivity contribution in [2.24, 2.45) is 0 Å². The van der Waals surface area contributed by atoms with Crippen molar-refractivity contribution in [2.45, 2.75) is 19.3 Å². The van der Waals surface area contributed by atoms with E-state index in [0.717, 1.165) is 57.5 Å². The molecule has 1 aliphatic rings.